The van der Waals surface area contributed by atoms with E-state index in [0.29, 0.717) is 5.28 Å². The number of halogens is 1. The first-order valence-corrected chi connectivity index (χ1v) is 5.91. The molecule has 3 rings (SSSR count). The first kappa shape index (κ1) is 9.85. The Labute approximate surface area is 99.1 Å². The van der Waals surface area contributed by atoms with E-state index in [1.54, 1.807) is 6.33 Å². The molecule has 0 fully saturated rings. The summed E-state index contributed by atoms with van der Waals surface area (Å²) in [5.74, 6) is 0. The fraction of sp³-hybridized carbons (Fsp3) is 0.333. The average Bonchev–Trinajstić information content (AvgIpc) is 2.75. The van der Waals surface area contributed by atoms with Crippen LogP contribution < -0.4 is 0 Å². The van der Waals surface area contributed by atoms with Crippen molar-refractivity contribution in [3.63, 3.8) is 0 Å². The van der Waals surface area contributed by atoms with Crippen molar-refractivity contribution in [2.75, 3.05) is 0 Å². The van der Waals surface area contributed by atoms with E-state index in [2.05, 4.69) is 28.4 Å². The van der Waals surface area contributed by atoms with Crippen LogP contribution in [0.1, 0.15) is 24.0 Å². The second-order valence-corrected chi connectivity index (χ2v) is 4.43. The van der Waals surface area contributed by atoms with E-state index in [4.69, 9.17) is 11.6 Å². The molecule has 1 aromatic heterocycles. The van der Waals surface area contributed by atoms with Crippen LogP contribution in [0.5, 0.6) is 0 Å². The smallest absolute Gasteiger partial charge is 0.229 e. The van der Waals surface area contributed by atoms with Crippen molar-refractivity contribution in [1.29, 1.82) is 0 Å². The topological polar surface area (TPSA) is 30.7 Å². The van der Waals surface area contributed by atoms with Crippen molar-refractivity contribution in [2.24, 2.45) is 0 Å². The van der Waals surface area contributed by atoms with Crippen molar-refractivity contribution in [3.05, 3.63) is 40.9 Å². The molecule has 0 saturated heterocycles. The predicted octanol–water partition coefficient (Wildman–Crippen LogP) is 2.80. The largest absolute Gasteiger partial charge is 0.272 e. The van der Waals surface area contributed by atoms with Crippen molar-refractivity contribution < 1.29 is 0 Å². The number of benzene rings is 1. The minimum absolute atomic E-state index is 0.430. The number of rotatable bonds is 1. The number of aryl methyl sites for hydroxylation is 1. The Morgan fingerprint density at radius 1 is 1.19 bits per heavy atom. The Morgan fingerprint density at radius 2 is 2.06 bits per heavy atom. The Morgan fingerprint density at radius 3 is 2.88 bits per heavy atom. The molecular weight excluding hydrogens is 222 g/mol. The van der Waals surface area contributed by atoms with Gasteiger partial charge < -0.3 is 0 Å². The molecule has 1 aromatic carbocycles. The summed E-state index contributed by atoms with van der Waals surface area (Å²) in [6.07, 6.45) is 6.51. The fourth-order valence-electron chi connectivity index (χ4n) is 2.37. The summed E-state index contributed by atoms with van der Waals surface area (Å²) in [4.78, 5) is 0. The fourth-order valence-corrected chi connectivity index (χ4v) is 2.55. The van der Waals surface area contributed by atoms with Crippen LogP contribution in [-0.2, 0) is 12.8 Å². The van der Waals surface area contributed by atoms with Crippen LogP contribution in [0.3, 0.4) is 0 Å². The van der Waals surface area contributed by atoms with Crippen molar-refractivity contribution in [2.45, 2.75) is 25.7 Å². The lowest BCUT2D eigenvalue weighted by Crippen LogP contribution is -2.07. The van der Waals surface area contributed by atoms with Gasteiger partial charge >= 0.3 is 0 Å². The normalized spacial score (nSPS) is 14.8. The lowest BCUT2D eigenvalue weighted by atomic mass is 9.90. The number of nitrogens with zero attached hydrogens (tertiary/aromatic N) is 3. The molecule has 0 bridgehead atoms. The zero-order valence-electron chi connectivity index (χ0n) is 8.86. The molecule has 1 heterocycles. The van der Waals surface area contributed by atoms with E-state index in [1.807, 2.05) is 4.57 Å². The monoisotopic (exact) mass is 233 g/mol. The molecule has 0 N–H and O–H groups in total. The van der Waals surface area contributed by atoms with Gasteiger partial charge in [-0.05, 0) is 54.5 Å². The van der Waals surface area contributed by atoms with E-state index < -0.39 is 0 Å². The van der Waals surface area contributed by atoms with Gasteiger partial charge in [0.15, 0.2) is 0 Å². The second-order valence-electron chi connectivity index (χ2n) is 4.09. The van der Waals surface area contributed by atoms with Gasteiger partial charge in [-0.2, -0.15) is 0 Å². The Kier molecular flexibility index (Phi) is 2.40. The number of hydrogen-bond donors (Lipinski definition) is 0. The Hall–Kier alpha value is -1.35. The van der Waals surface area contributed by atoms with E-state index in [-0.39, 0.29) is 0 Å². The van der Waals surface area contributed by atoms with Crippen LogP contribution in [0, 0.1) is 0 Å². The molecular formula is C12H12ClN3. The van der Waals surface area contributed by atoms with Crippen molar-refractivity contribution in [3.8, 4) is 5.69 Å². The maximum absolute atomic E-state index is 6.01. The maximum Gasteiger partial charge on any atom is 0.229 e. The highest BCUT2D eigenvalue weighted by molar-refractivity contribution is 6.28. The van der Waals surface area contributed by atoms with E-state index in [0.717, 1.165) is 12.1 Å². The third kappa shape index (κ3) is 1.52. The summed E-state index contributed by atoms with van der Waals surface area (Å²) < 4.78 is 1.85. The molecule has 3 nitrogen and oxygen atoms in total. The molecule has 0 saturated carbocycles. The van der Waals surface area contributed by atoms with Crippen LogP contribution >= 0.6 is 11.6 Å². The molecule has 0 aliphatic heterocycles. The van der Waals surface area contributed by atoms with E-state index >= 15 is 0 Å². The highest BCUT2D eigenvalue weighted by Gasteiger charge is 2.15. The minimum Gasteiger partial charge on any atom is -0.272 e. The van der Waals surface area contributed by atoms with Gasteiger partial charge in [0, 0.05) is 0 Å². The molecule has 0 amide bonds. The Balaban J connectivity index is 2.18. The summed E-state index contributed by atoms with van der Waals surface area (Å²) in [5.41, 5.74) is 3.97. The lowest BCUT2D eigenvalue weighted by molar-refractivity contribution is 0.681. The highest BCUT2D eigenvalue weighted by Crippen LogP contribution is 2.27. The van der Waals surface area contributed by atoms with Gasteiger partial charge in [-0.15, -0.1) is 10.2 Å². The lowest BCUT2D eigenvalue weighted by Gasteiger charge is -2.19. The van der Waals surface area contributed by atoms with Crippen molar-refractivity contribution >= 4 is 11.6 Å². The van der Waals surface area contributed by atoms with Gasteiger partial charge in [-0.1, -0.05) is 12.1 Å². The number of aromatic nitrogens is 3. The second kappa shape index (κ2) is 3.91. The highest BCUT2D eigenvalue weighted by atomic mass is 35.5. The standard InChI is InChI=1S/C12H12ClN3/c13-12-15-14-8-16(12)11-7-3-5-9-4-1-2-6-10(9)11/h3,5,7-8H,1-2,4,6H2. The summed E-state index contributed by atoms with van der Waals surface area (Å²) in [6, 6.07) is 6.37. The van der Waals surface area contributed by atoms with Gasteiger partial charge in [-0.3, -0.25) is 4.57 Å². The van der Waals surface area contributed by atoms with Gasteiger partial charge in [0.25, 0.3) is 0 Å². The van der Waals surface area contributed by atoms with Gasteiger partial charge in [-0.25, -0.2) is 0 Å². The maximum atomic E-state index is 6.01. The number of fused-ring (bicyclic) bond motifs is 1. The summed E-state index contributed by atoms with van der Waals surface area (Å²) >= 11 is 6.01. The quantitative estimate of drug-likeness (QED) is 0.758. The van der Waals surface area contributed by atoms with E-state index in [9.17, 15) is 0 Å². The zero-order valence-corrected chi connectivity index (χ0v) is 9.61. The van der Waals surface area contributed by atoms with E-state index in [1.165, 1.54) is 30.4 Å². The third-order valence-corrected chi connectivity index (χ3v) is 3.39. The van der Waals surface area contributed by atoms with Gasteiger partial charge in [0.1, 0.15) is 6.33 Å². The SMILES string of the molecule is Clc1nncn1-c1cccc2c1CCCC2. The molecule has 0 unspecified atom stereocenters. The summed E-state index contributed by atoms with van der Waals surface area (Å²) in [6.45, 7) is 0. The third-order valence-electron chi connectivity index (χ3n) is 3.14. The molecule has 1 aliphatic carbocycles. The van der Waals surface area contributed by atoms with Gasteiger partial charge in [0.2, 0.25) is 5.28 Å². The number of hydrogen-bond acceptors (Lipinski definition) is 2. The minimum atomic E-state index is 0.430. The first-order valence-electron chi connectivity index (χ1n) is 5.53. The average molecular weight is 234 g/mol. The van der Waals surface area contributed by atoms with Crippen LogP contribution in [0.15, 0.2) is 24.5 Å². The molecule has 1 aliphatic rings. The molecule has 16 heavy (non-hydrogen) atoms. The van der Waals surface area contributed by atoms with Crippen LogP contribution in [0.25, 0.3) is 5.69 Å². The van der Waals surface area contributed by atoms with Crippen molar-refractivity contribution in [1.82, 2.24) is 14.8 Å². The van der Waals surface area contributed by atoms with Crippen LogP contribution in [0.2, 0.25) is 5.28 Å². The molecule has 0 spiro atoms. The van der Waals surface area contributed by atoms with Crippen LogP contribution in [-0.4, -0.2) is 14.8 Å². The Bertz CT molecular complexity index is 519. The first-order chi connectivity index (χ1) is 7.86. The molecule has 82 valence electrons. The molecule has 0 atom stereocenters. The van der Waals surface area contributed by atoms with Gasteiger partial charge in [0.05, 0.1) is 5.69 Å². The predicted molar refractivity (Wildman–Crippen MR) is 63.0 cm³/mol. The summed E-state index contributed by atoms with van der Waals surface area (Å²) in [7, 11) is 0. The molecule has 4 heteroatoms. The molecule has 2 aromatic rings. The summed E-state index contributed by atoms with van der Waals surface area (Å²) in [5, 5.41) is 8.08. The zero-order chi connectivity index (χ0) is 11.0. The molecule has 0 radical (unpaired) electrons. The van der Waals surface area contributed by atoms with Crippen LogP contribution in [0.4, 0.5) is 0 Å².